The van der Waals surface area contributed by atoms with Crippen LogP contribution < -0.4 is 0 Å². The molecule has 0 spiro atoms. The lowest BCUT2D eigenvalue weighted by Gasteiger charge is -2.36. The lowest BCUT2D eigenvalue weighted by Crippen LogP contribution is -2.42. The number of aliphatic hydroxyl groups excluding tert-OH is 3. The standard InChI is InChI=1S/C30H38N2O5/c1-19-20(2)31(4)32(21(19)3)17-26-7-5-6-25-16-23(12-15-27(25)26)9-8-22-10-13-24(14-11-22)29(35)37-30(36)28(34)18-33/h8-16,21,26,28,30,33-34,36H,5-7,17-18H2,1-4H3/b9-8+. The number of aryl methyl sites for hydroxylation is 1. The zero-order chi connectivity index (χ0) is 26.7. The molecule has 0 radical (unpaired) electrons. The van der Waals surface area contributed by atoms with E-state index in [0.29, 0.717) is 12.0 Å². The molecule has 1 aliphatic carbocycles. The highest BCUT2D eigenvalue weighted by Crippen LogP contribution is 2.36. The van der Waals surface area contributed by atoms with Gasteiger partial charge in [0.05, 0.1) is 12.2 Å². The van der Waals surface area contributed by atoms with Crippen LogP contribution in [0.25, 0.3) is 12.2 Å². The summed E-state index contributed by atoms with van der Waals surface area (Å²) in [7, 11) is 2.17. The van der Waals surface area contributed by atoms with Crippen LogP contribution in [-0.4, -0.2) is 69.9 Å². The number of rotatable bonds is 8. The van der Waals surface area contributed by atoms with Crippen molar-refractivity contribution in [2.24, 2.45) is 0 Å². The molecule has 1 aliphatic heterocycles. The first kappa shape index (κ1) is 27.1. The number of fused-ring (bicyclic) bond motifs is 1. The maximum absolute atomic E-state index is 12.1. The molecule has 0 amide bonds. The third kappa shape index (κ3) is 5.96. The molecule has 37 heavy (non-hydrogen) atoms. The van der Waals surface area contributed by atoms with Crippen molar-refractivity contribution >= 4 is 18.1 Å². The van der Waals surface area contributed by atoms with E-state index in [0.717, 1.165) is 24.1 Å². The summed E-state index contributed by atoms with van der Waals surface area (Å²) < 4.78 is 4.76. The van der Waals surface area contributed by atoms with E-state index < -0.39 is 25.0 Å². The van der Waals surface area contributed by atoms with E-state index in [1.807, 2.05) is 6.08 Å². The summed E-state index contributed by atoms with van der Waals surface area (Å²) in [6.45, 7) is 7.05. The van der Waals surface area contributed by atoms with E-state index in [1.54, 1.807) is 24.3 Å². The van der Waals surface area contributed by atoms with Gasteiger partial charge in [0, 0.05) is 25.3 Å². The topological polar surface area (TPSA) is 93.5 Å². The molecule has 0 saturated carbocycles. The molecular formula is C30H38N2O5. The SMILES string of the molecule is CC1=C(C)N(C)N(CC2CCCc3cc(/C=C/c4ccc(C(=O)OC(O)C(O)CO)cc4)ccc32)C1C. The number of hydrogen-bond acceptors (Lipinski definition) is 7. The highest BCUT2D eigenvalue weighted by Gasteiger charge is 2.32. The van der Waals surface area contributed by atoms with Gasteiger partial charge in [0.25, 0.3) is 0 Å². The normalized spacial score (nSPS) is 21.9. The number of carbonyl (C=O) groups is 1. The van der Waals surface area contributed by atoms with E-state index in [-0.39, 0.29) is 5.56 Å². The number of ether oxygens (including phenoxy) is 1. The van der Waals surface area contributed by atoms with Crippen LogP contribution in [0.2, 0.25) is 0 Å². The average molecular weight is 507 g/mol. The Hall–Kier alpha value is -2.97. The summed E-state index contributed by atoms with van der Waals surface area (Å²) in [5, 5.41) is 32.5. The van der Waals surface area contributed by atoms with E-state index >= 15 is 0 Å². The molecule has 4 unspecified atom stereocenters. The fourth-order valence-electron chi connectivity index (χ4n) is 5.24. The summed E-state index contributed by atoms with van der Waals surface area (Å²) in [4.78, 5) is 12.1. The molecule has 7 nitrogen and oxygen atoms in total. The lowest BCUT2D eigenvalue weighted by atomic mass is 9.81. The van der Waals surface area contributed by atoms with Crippen molar-refractivity contribution in [3.05, 3.63) is 81.6 Å². The third-order valence-corrected chi connectivity index (χ3v) is 7.89. The molecule has 4 rings (SSSR count). The molecule has 2 aromatic carbocycles. The minimum absolute atomic E-state index is 0.250. The maximum Gasteiger partial charge on any atom is 0.340 e. The molecule has 4 atom stereocenters. The zero-order valence-electron chi connectivity index (χ0n) is 22.1. The molecule has 0 fully saturated rings. The van der Waals surface area contributed by atoms with E-state index in [2.05, 4.69) is 62.1 Å². The Labute approximate surface area is 219 Å². The predicted octanol–water partition coefficient (Wildman–Crippen LogP) is 3.95. The Bertz CT molecular complexity index is 1150. The second kappa shape index (κ2) is 11.6. The minimum atomic E-state index is -1.77. The molecule has 3 N–H and O–H groups in total. The predicted molar refractivity (Wildman–Crippen MR) is 144 cm³/mol. The second-order valence-electron chi connectivity index (χ2n) is 10.1. The van der Waals surface area contributed by atoms with Crippen molar-refractivity contribution in [3.8, 4) is 0 Å². The van der Waals surface area contributed by atoms with Crippen LogP contribution in [0.4, 0.5) is 0 Å². The van der Waals surface area contributed by atoms with Gasteiger partial charge in [-0.1, -0.05) is 42.5 Å². The molecule has 2 aromatic rings. The number of allylic oxidation sites excluding steroid dienone is 1. The fraction of sp³-hybridized carbons (Fsp3) is 0.433. The first-order chi connectivity index (χ1) is 17.7. The van der Waals surface area contributed by atoms with Crippen LogP contribution >= 0.6 is 0 Å². The number of aliphatic hydroxyl groups is 3. The van der Waals surface area contributed by atoms with Gasteiger partial charge in [0.1, 0.15) is 6.10 Å². The van der Waals surface area contributed by atoms with Crippen LogP contribution in [-0.2, 0) is 11.2 Å². The number of hydrogen-bond donors (Lipinski definition) is 3. The highest BCUT2D eigenvalue weighted by atomic mass is 16.6. The molecule has 1 heterocycles. The van der Waals surface area contributed by atoms with Gasteiger partial charge in [-0.25, -0.2) is 9.80 Å². The number of esters is 1. The Kier molecular flexibility index (Phi) is 8.49. The van der Waals surface area contributed by atoms with Crippen LogP contribution in [0, 0.1) is 0 Å². The van der Waals surface area contributed by atoms with Gasteiger partial charge in [-0.15, -0.1) is 0 Å². The van der Waals surface area contributed by atoms with Crippen molar-refractivity contribution in [1.82, 2.24) is 10.0 Å². The average Bonchev–Trinajstić information content (AvgIpc) is 3.09. The van der Waals surface area contributed by atoms with Gasteiger partial charge >= 0.3 is 5.97 Å². The van der Waals surface area contributed by atoms with Gasteiger partial charge in [-0.3, -0.25) is 0 Å². The summed E-state index contributed by atoms with van der Waals surface area (Å²) in [5.41, 5.74) is 8.00. The quantitative estimate of drug-likeness (QED) is 0.284. The van der Waals surface area contributed by atoms with Crippen LogP contribution in [0.3, 0.4) is 0 Å². The highest BCUT2D eigenvalue weighted by molar-refractivity contribution is 5.89. The fourth-order valence-corrected chi connectivity index (χ4v) is 5.24. The largest absolute Gasteiger partial charge is 0.429 e. The van der Waals surface area contributed by atoms with Crippen LogP contribution in [0.15, 0.2) is 53.7 Å². The monoisotopic (exact) mass is 506 g/mol. The number of nitrogens with zero attached hydrogens (tertiary/aromatic N) is 2. The van der Waals surface area contributed by atoms with Crippen molar-refractivity contribution in [2.75, 3.05) is 20.2 Å². The summed E-state index contributed by atoms with van der Waals surface area (Å²) >= 11 is 0. The van der Waals surface area contributed by atoms with Crippen LogP contribution in [0.1, 0.15) is 72.1 Å². The van der Waals surface area contributed by atoms with Crippen molar-refractivity contribution < 1.29 is 24.9 Å². The molecule has 7 heteroatoms. The van der Waals surface area contributed by atoms with Crippen molar-refractivity contribution in [2.45, 2.75) is 64.4 Å². The molecule has 2 aliphatic rings. The molecule has 0 bridgehead atoms. The zero-order valence-corrected chi connectivity index (χ0v) is 22.1. The van der Waals surface area contributed by atoms with Crippen molar-refractivity contribution in [1.29, 1.82) is 0 Å². The molecule has 0 saturated heterocycles. The number of hydrazine groups is 1. The first-order valence-electron chi connectivity index (χ1n) is 13.0. The summed E-state index contributed by atoms with van der Waals surface area (Å²) in [5.74, 6) is -0.245. The smallest absolute Gasteiger partial charge is 0.340 e. The third-order valence-electron chi connectivity index (χ3n) is 7.89. The van der Waals surface area contributed by atoms with Gasteiger partial charge < -0.3 is 25.1 Å². The first-order valence-corrected chi connectivity index (χ1v) is 13.0. The van der Waals surface area contributed by atoms with E-state index in [4.69, 9.17) is 9.84 Å². The van der Waals surface area contributed by atoms with E-state index in [9.17, 15) is 15.0 Å². The maximum atomic E-state index is 12.1. The summed E-state index contributed by atoms with van der Waals surface area (Å²) in [6, 6.07) is 14.0. The Morgan fingerprint density at radius 3 is 2.43 bits per heavy atom. The van der Waals surface area contributed by atoms with Gasteiger partial charge in [-0.2, -0.15) is 0 Å². The number of benzene rings is 2. The van der Waals surface area contributed by atoms with E-state index in [1.165, 1.54) is 35.2 Å². The Morgan fingerprint density at radius 1 is 1.11 bits per heavy atom. The second-order valence-corrected chi connectivity index (χ2v) is 10.1. The van der Waals surface area contributed by atoms with Crippen LogP contribution in [0.5, 0.6) is 0 Å². The summed E-state index contributed by atoms with van der Waals surface area (Å²) in [6.07, 6.45) is 4.28. The molecule has 198 valence electrons. The minimum Gasteiger partial charge on any atom is -0.429 e. The van der Waals surface area contributed by atoms with Gasteiger partial charge in [0.15, 0.2) is 0 Å². The lowest BCUT2D eigenvalue weighted by molar-refractivity contribution is -0.140. The van der Waals surface area contributed by atoms with Gasteiger partial charge in [0.2, 0.25) is 6.29 Å². The molecule has 0 aromatic heterocycles. The Balaban J connectivity index is 1.41. The Morgan fingerprint density at radius 2 is 1.78 bits per heavy atom. The van der Waals surface area contributed by atoms with Gasteiger partial charge in [-0.05, 0) is 85.9 Å². The molecular weight excluding hydrogens is 468 g/mol. The number of carbonyl (C=O) groups excluding carboxylic acids is 1. The van der Waals surface area contributed by atoms with Crippen molar-refractivity contribution in [3.63, 3.8) is 0 Å².